The number of allylic oxidation sites excluding steroid dienone is 1. The van der Waals surface area contributed by atoms with Gasteiger partial charge in [0, 0.05) is 17.6 Å². The molecule has 0 aliphatic rings. The monoisotopic (exact) mass is 304 g/mol. The molecule has 0 saturated heterocycles. The van der Waals surface area contributed by atoms with Crippen molar-refractivity contribution in [1.29, 1.82) is 0 Å². The Bertz CT molecular complexity index is 602. The lowest BCUT2D eigenvalue weighted by Crippen LogP contribution is -2.09. The predicted octanol–water partition coefficient (Wildman–Crippen LogP) is 1.79. The highest BCUT2D eigenvalue weighted by Crippen LogP contribution is 2.25. The zero-order chi connectivity index (χ0) is 14.6. The molecule has 0 atom stereocenters. The summed E-state index contributed by atoms with van der Waals surface area (Å²) in [5, 5.41) is 9.37. The van der Waals surface area contributed by atoms with Crippen LogP contribution in [0.15, 0.2) is 11.6 Å². The summed E-state index contributed by atoms with van der Waals surface area (Å²) in [6, 6.07) is 0. The van der Waals surface area contributed by atoms with E-state index in [9.17, 15) is 13.2 Å². The Labute approximate surface area is 116 Å². The van der Waals surface area contributed by atoms with E-state index in [4.69, 9.17) is 5.11 Å². The zero-order valence-corrected chi connectivity index (χ0v) is 12.6. The van der Waals surface area contributed by atoms with E-state index in [1.54, 1.807) is 19.9 Å². The number of aromatic nitrogens is 1. The second-order valence-corrected chi connectivity index (χ2v) is 6.57. The summed E-state index contributed by atoms with van der Waals surface area (Å²) in [5.41, 5.74) is 1.74. The summed E-state index contributed by atoms with van der Waals surface area (Å²) < 4.78 is 28.8. The van der Waals surface area contributed by atoms with Crippen LogP contribution in [0.3, 0.4) is 0 Å². The largest absolute Gasteiger partial charge is 0.478 e. The minimum atomic E-state index is -3.32. The van der Waals surface area contributed by atoms with Crippen molar-refractivity contribution in [2.24, 2.45) is 0 Å². The van der Waals surface area contributed by atoms with Crippen molar-refractivity contribution in [2.75, 3.05) is 11.0 Å². The number of nitrogens with one attached hydrogen (secondary N) is 1. The standard InChI is InChI=1S/C11H16N2O4S2/c1-4-8(11(14)15)5-6-9-7(2)10(18-12-9)13-19(3,16)17/h5,13H,4,6H2,1-3H3,(H,14,15)/b8-5-. The number of rotatable bonds is 6. The molecule has 0 spiro atoms. The van der Waals surface area contributed by atoms with E-state index < -0.39 is 16.0 Å². The van der Waals surface area contributed by atoms with Gasteiger partial charge in [-0.15, -0.1) is 0 Å². The Hall–Kier alpha value is -1.41. The molecule has 6 nitrogen and oxygen atoms in total. The summed E-state index contributed by atoms with van der Waals surface area (Å²) in [5.74, 6) is -0.940. The van der Waals surface area contributed by atoms with Crippen LogP contribution in [0.4, 0.5) is 5.00 Å². The molecule has 0 saturated carbocycles. The van der Waals surface area contributed by atoms with E-state index >= 15 is 0 Å². The fraction of sp³-hybridized carbons (Fsp3) is 0.455. The molecular weight excluding hydrogens is 288 g/mol. The topological polar surface area (TPSA) is 96.4 Å². The van der Waals surface area contributed by atoms with Crippen LogP contribution in [0.25, 0.3) is 0 Å². The van der Waals surface area contributed by atoms with Gasteiger partial charge < -0.3 is 5.11 Å². The van der Waals surface area contributed by atoms with Crippen molar-refractivity contribution in [3.05, 3.63) is 22.9 Å². The first-order valence-electron chi connectivity index (χ1n) is 5.59. The number of hydrogen-bond donors (Lipinski definition) is 2. The second-order valence-electron chi connectivity index (χ2n) is 4.05. The average Bonchev–Trinajstić information content (AvgIpc) is 2.59. The molecule has 0 aliphatic carbocycles. The fourth-order valence-electron chi connectivity index (χ4n) is 1.43. The molecule has 1 aromatic rings. The highest BCUT2D eigenvalue weighted by molar-refractivity contribution is 7.92. The van der Waals surface area contributed by atoms with Crippen LogP contribution >= 0.6 is 11.5 Å². The summed E-state index contributed by atoms with van der Waals surface area (Å²) in [4.78, 5) is 10.9. The minimum Gasteiger partial charge on any atom is -0.478 e. The Kier molecular flexibility index (Phi) is 5.07. The molecule has 106 valence electrons. The van der Waals surface area contributed by atoms with Gasteiger partial charge in [0.25, 0.3) is 0 Å². The van der Waals surface area contributed by atoms with Gasteiger partial charge in [-0.25, -0.2) is 13.2 Å². The second kappa shape index (κ2) is 6.16. The van der Waals surface area contributed by atoms with E-state index in [0.717, 1.165) is 23.4 Å². The number of aliphatic carboxylic acids is 1. The molecular formula is C11H16N2O4S2. The van der Waals surface area contributed by atoms with Gasteiger partial charge in [-0.05, 0) is 24.9 Å². The van der Waals surface area contributed by atoms with Crippen LogP contribution in [-0.4, -0.2) is 30.1 Å². The summed E-state index contributed by atoms with van der Waals surface area (Å²) in [7, 11) is -3.32. The molecule has 0 amide bonds. The third-order valence-electron chi connectivity index (χ3n) is 2.50. The quantitative estimate of drug-likeness (QED) is 0.781. The minimum absolute atomic E-state index is 0.324. The van der Waals surface area contributed by atoms with Gasteiger partial charge in [-0.3, -0.25) is 4.72 Å². The Morgan fingerprint density at radius 1 is 1.53 bits per heavy atom. The molecule has 2 N–H and O–H groups in total. The third kappa shape index (κ3) is 4.64. The summed E-state index contributed by atoms with van der Waals surface area (Å²) >= 11 is 1.05. The number of anilines is 1. The lowest BCUT2D eigenvalue weighted by atomic mass is 10.1. The molecule has 8 heteroatoms. The number of nitrogens with zero attached hydrogens (tertiary/aromatic N) is 1. The van der Waals surface area contributed by atoms with Crippen molar-refractivity contribution in [3.8, 4) is 0 Å². The fourth-order valence-corrected chi connectivity index (χ4v) is 3.19. The maximum absolute atomic E-state index is 11.1. The highest BCUT2D eigenvalue weighted by atomic mass is 32.2. The van der Waals surface area contributed by atoms with E-state index in [2.05, 4.69) is 9.10 Å². The lowest BCUT2D eigenvalue weighted by Gasteiger charge is -2.01. The van der Waals surface area contributed by atoms with Crippen molar-refractivity contribution < 1.29 is 18.3 Å². The summed E-state index contributed by atoms with van der Waals surface area (Å²) in [6.45, 7) is 3.52. The zero-order valence-electron chi connectivity index (χ0n) is 10.9. The van der Waals surface area contributed by atoms with Crippen LogP contribution in [-0.2, 0) is 21.2 Å². The SMILES string of the molecule is CC/C(=C/Cc1nsc(NS(C)(=O)=O)c1C)C(=O)O. The Morgan fingerprint density at radius 3 is 2.63 bits per heavy atom. The Balaban J connectivity index is 2.90. The third-order valence-corrected chi connectivity index (χ3v) is 4.10. The molecule has 1 aromatic heterocycles. The van der Waals surface area contributed by atoms with Crippen molar-refractivity contribution >= 4 is 32.5 Å². The number of hydrogen-bond acceptors (Lipinski definition) is 5. The van der Waals surface area contributed by atoms with Crippen LogP contribution in [0, 0.1) is 6.92 Å². The van der Waals surface area contributed by atoms with E-state index in [0.29, 0.717) is 29.1 Å². The number of carboxylic acids is 1. The molecule has 19 heavy (non-hydrogen) atoms. The number of sulfonamides is 1. The van der Waals surface area contributed by atoms with Crippen molar-refractivity contribution in [3.63, 3.8) is 0 Å². The first kappa shape index (κ1) is 15.6. The van der Waals surface area contributed by atoms with Gasteiger partial charge in [0.05, 0.1) is 11.9 Å². The van der Waals surface area contributed by atoms with Crippen molar-refractivity contribution in [1.82, 2.24) is 4.37 Å². The molecule has 0 unspecified atom stereocenters. The molecule has 0 bridgehead atoms. The van der Waals surface area contributed by atoms with Crippen LogP contribution < -0.4 is 4.72 Å². The van der Waals surface area contributed by atoms with Gasteiger partial charge in [-0.2, -0.15) is 4.37 Å². The predicted molar refractivity (Wildman–Crippen MR) is 75.0 cm³/mol. The molecule has 1 heterocycles. The van der Waals surface area contributed by atoms with Gasteiger partial charge in [0.2, 0.25) is 10.0 Å². The van der Waals surface area contributed by atoms with E-state index in [1.165, 1.54) is 0 Å². The highest BCUT2D eigenvalue weighted by Gasteiger charge is 2.13. The maximum Gasteiger partial charge on any atom is 0.331 e. The van der Waals surface area contributed by atoms with E-state index in [-0.39, 0.29) is 0 Å². The van der Waals surface area contributed by atoms with Gasteiger partial charge in [0.1, 0.15) is 5.00 Å². The smallest absolute Gasteiger partial charge is 0.331 e. The van der Waals surface area contributed by atoms with Gasteiger partial charge >= 0.3 is 5.97 Å². The first-order valence-corrected chi connectivity index (χ1v) is 8.26. The number of carbonyl (C=O) groups is 1. The molecule has 0 aliphatic heterocycles. The lowest BCUT2D eigenvalue weighted by molar-refractivity contribution is -0.132. The molecule has 0 aromatic carbocycles. The van der Waals surface area contributed by atoms with E-state index in [1.807, 2.05) is 0 Å². The summed E-state index contributed by atoms with van der Waals surface area (Å²) in [6.07, 6.45) is 3.50. The molecule has 0 radical (unpaired) electrons. The average molecular weight is 304 g/mol. The van der Waals surface area contributed by atoms with Crippen LogP contribution in [0.1, 0.15) is 24.6 Å². The number of carboxylic acid groups (broad SMARTS) is 1. The van der Waals surface area contributed by atoms with Crippen LogP contribution in [0.5, 0.6) is 0 Å². The molecule has 0 fully saturated rings. The maximum atomic E-state index is 11.1. The first-order chi connectivity index (χ1) is 8.74. The van der Waals surface area contributed by atoms with Gasteiger partial charge in [-0.1, -0.05) is 13.0 Å². The van der Waals surface area contributed by atoms with Crippen molar-refractivity contribution in [2.45, 2.75) is 26.7 Å². The Morgan fingerprint density at radius 2 is 2.16 bits per heavy atom. The van der Waals surface area contributed by atoms with Crippen LogP contribution in [0.2, 0.25) is 0 Å². The van der Waals surface area contributed by atoms with Gasteiger partial charge in [0.15, 0.2) is 0 Å². The molecule has 1 rings (SSSR count). The normalized spacial score (nSPS) is 12.5.